The van der Waals surface area contributed by atoms with Crippen LogP contribution in [0.3, 0.4) is 0 Å². The highest BCUT2D eigenvalue weighted by molar-refractivity contribution is 5.15. The number of aromatic nitrogens is 3. The quantitative estimate of drug-likeness (QED) is 0.916. The molecule has 2 aromatic heterocycles. The minimum Gasteiger partial charge on any atom is -0.360 e. The fraction of sp³-hybridized carbons (Fsp3) is 0.625. The van der Waals surface area contributed by atoms with Gasteiger partial charge in [-0.15, -0.1) is 0 Å². The first-order valence-electron chi connectivity index (χ1n) is 7.85. The fourth-order valence-corrected chi connectivity index (χ4v) is 3.14. The van der Waals surface area contributed by atoms with Gasteiger partial charge in [-0.3, -0.25) is 10.00 Å². The third-order valence-electron chi connectivity index (χ3n) is 4.40. The highest BCUT2D eigenvalue weighted by atomic mass is 16.5. The maximum atomic E-state index is 5.52. The lowest BCUT2D eigenvalue weighted by molar-refractivity contribution is 0.264. The monoisotopic (exact) mass is 288 g/mol. The molecule has 0 bridgehead atoms. The van der Waals surface area contributed by atoms with Gasteiger partial charge in [0.2, 0.25) is 0 Å². The minimum atomic E-state index is 0.609. The summed E-state index contributed by atoms with van der Waals surface area (Å²) in [6.07, 6.45) is 8.43. The summed E-state index contributed by atoms with van der Waals surface area (Å²) in [5, 5.41) is 11.3. The Morgan fingerprint density at radius 2 is 2.10 bits per heavy atom. The Morgan fingerprint density at radius 1 is 1.29 bits per heavy atom. The number of hydrogen-bond acceptors (Lipinski definition) is 4. The second-order valence-electron chi connectivity index (χ2n) is 6.25. The molecule has 5 heteroatoms. The summed E-state index contributed by atoms with van der Waals surface area (Å²) in [4.78, 5) is 2.23. The van der Waals surface area contributed by atoms with Crippen molar-refractivity contribution in [3.05, 3.63) is 35.0 Å². The Morgan fingerprint density at radius 3 is 2.81 bits per heavy atom. The molecule has 114 valence electrons. The van der Waals surface area contributed by atoms with Crippen LogP contribution in [0.4, 0.5) is 0 Å². The lowest BCUT2D eigenvalue weighted by Crippen LogP contribution is -2.17. The highest BCUT2D eigenvalue weighted by Gasteiger charge is 2.19. The smallest absolute Gasteiger partial charge is 0.150 e. The summed E-state index contributed by atoms with van der Waals surface area (Å²) < 4.78 is 5.52. The first kappa shape index (κ1) is 14.3. The summed E-state index contributed by atoms with van der Waals surface area (Å²) in [6, 6.07) is 2.15. The lowest BCUT2D eigenvalue weighted by atomic mass is 9.87. The van der Waals surface area contributed by atoms with Gasteiger partial charge in [-0.1, -0.05) is 24.4 Å². The van der Waals surface area contributed by atoms with Gasteiger partial charge in [0, 0.05) is 29.8 Å². The molecule has 3 rings (SSSR count). The largest absolute Gasteiger partial charge is 0.360 e. The van der Waals surface area contributed by atoms with E-state index in [2.05, 4.69) is 33.4 Å². The maximum absolute atomic E-state index is 5.52. The van der Waals surface area contributed by atoms with E-state index in [1.807, 2.05) is 13.1 Å². The Hall–Kier alpha value is -1.62. The molecule has 0 radical (unpaired) electrons. The molecule has 1 saturated carbocycles. The Balaban J connectivity index is 1.57. The molecule has 0 spiro atoms. The van der Waals surface area contributed by atoms with Gasteiger partial charge in [-0.05, 0) is 26.8 Å². The van der Waals surface area contributed by atoms with Crippen LogP contribution in [0.25, 0.3) is 0 Å². The third-order valence-corrected chi connectivity index (χ3v) is 4.40. The average molecular weight is 288 g/mol. The van der Waals surface area contributed by atoms with Crippen molar-refractivity contribution in [2.45, 2.75) is 58.0 Å². The Bertz CT molecular complexity index is 568. The molecule has 1 N–H and O–H groups in total. The number of aromatic amines is 1. The number of aryl methyl sites for hydroxylation is 1. The number of H-pyrrole nitrogens is 1. The van der Waals surface area contributed by atoms with Crippen LogP contribution < -0.4 is 0 Å². The van der Waals surface area contributed by atoms with Crippen LogP contribution in [-0.2, 0) is 13.1 Å². The van der Waals surface area contributed by atoms with E-state index in [-0.39, 0.29) is 0 Å². The Labute approximate surface area is 125 Å². The molecule has 1 aliphatic rings. The Kier molecular flexibility index (Phi) is 4.39. The molecular weight excluding hydrogens is 264 g/mol. The highest BCUT2D eigenvalue weighted by Crippen LogP contribution is 2.32. The average Bonchev–Trinajstić information content (AvgIpc) is 3.10. The molecule has 1 aliphatic carbocycles. The van der Waals surface area contributed by atoms with Crippen molar-refractivity contribution in [2.24, 2.45) is 0 Å². The first-order valence-corrected chi connectivity index (χ1v) is 7.85. The van der Waals surface area contributed by atoms with Crippen molar-refractivity contribution < 1.29 is 4.52 Å². The predicted molar refractivity (Wildman–Crippen MR) is 80.8 cm³/mol. The van der Waals surface area contributed by atoms with Crippen molar-refractivity contribution in [1.29, 1.82) is 0 Å². The van der Waals surface area contributed by atoms with Crippen LogP contribution in [0, 0.1) is 6.92 Å². The summed E-state index contributed by atoms with van der Waals surface area (Å²) >= 11 is 0. The standard InChI is InChI=1S/C16H24N4O/c1-12-14(9-17-18-12)10-20(2)11-15-8-16(19-21-15)13-6-4-3-5-7-13/h8-9,13H,3-7,10-11H2,1-2H3,(H,17,18). The van der Waals surface area contributed by atoms with Crippen molar-refractivity contribution in [3.63, 3.8) is 0 Å². The number of nitrogens with one attached hydrogen (secondary N) is 1. The molecule has 21 heavy (non-hydrogen) atoms. The zero-order chi connectivity index (χ0) is 14.7. The van der Waals surface area contributed by atoms with Gasteiger partial charge in [-0.25, -0.2) is 0 Å². The molecule has 0 aliphatic heterocycles. The summed E-state index contributed by atoms with van der Waals surface area (Å²) in [5.74, 6) is 1.57. The van der Waals surface area contributed by atoms with Crippen molar-refractivity contribution in [2.75, 3.05) is 7.05 Å². The van der Waals surface area contributed by atoms with E-state index in [4.69, 9.17) is 4.52 Å². The molecule has 0 saturated heterocycles. The first-order chi connectivity index (χ1) is 10.2. The molecule has 0 atom stereocenters. The number of rotatable bonds is 5. The summed E-state index contributed by atoms with van der Waals surface area (Å²) in [5.41, 5.74) is 3.50. The van der Waals surface area contributed by atoms with Crippen LogP contribution in [0.15, 0.2) is 16.8 Å². The van der Waals surface area contributed by atoms with E-state index in [9.17, 15) is 0 Å². The zero-order valence-corrected chi connectivity index (χ0v) is 12.9. The summed E-state index contributed by atoms with van der Waals surface area (Å²) in [6.45, 7) is 3.69. The van der Waals surface area contributed by atoms with Gasteiger partial charge < -0.3 is 4.52 Å². The van der Waals surface area contributed by atoms with E-state index in [1.54, 1.807) is 0 Å². The van der Waals surface area contributed by atoms with Crippen LogP contribution in [-0.4, -0.2) is 27.3 Å². The van der Waals surface area contributed by atoms with Gasteiger partial charge in [0.15, 0.2) is 5.76 Å². The SMILES string of the molecule is Cc1[nH]ncc1CN(C)Cc1cc(C2CCCCC2)no1. The second-order valence-corrected chi connectivity index (χ2v) is 6.25. The number of hydrogen-bond donors (Lipinski definition) is 1. The van der Waals surface area contributed by atoms with Gasteiger partial charge in [0.05, 0.1) is 18.4 Å². The number of nitrogens with zero attached hydrogens (tertiary/aromatic N) is 3. The van der Waals surface area contributed by atoms with Crippen molar-refractivity contribution >= 4 is 0 Å². The third kappa shape index (κ3) is 3.53. The molecule has 1 fully saturated rings. The van der Waals surface area contributed by atoms with Crippen LogP contribution in [0.5, 0.6) is 0 Å². The molecule has 0 aromatic carbocycles. The van der Waals surface area contributed by atoms with Gasteiger partial charge in [0.1, 0.15) is 0 Å². The second kappa shape index (κ2) is 6.43. The van der Waals surface area contributed by atoms with Crippen LogP contribution in [0.2, 0.25) is 0 Å². The molecule has 2 heterocycles. The lowest BCUT2D eigenvalue weighted by Gasteiger charge is -2.18. The van der Waals surface area contributed by atoms with E-state index in [1.165, 1.54) is 37.7 Å². The molecule has 2 aromatic rings. The van der Waals surface area contributed by atoms with Crippen LogP contribution in [0.1, 0.15) is 60.7 Å². The van der Waals surface area contributed by atoms with Crippen LogP contribution >= 0.6 is 0 Å². The van der Waals surface area contributed by atoms with E-state index in [0.29, 0.717) is 5.92 Å². The van der Waals surface area contributed by atoms with Gasteiger partial charge in [-0.2, -0.15) is 5.10 Å². The topological polar surface area (TPSA) is 58.0 Å². The van der Waals surface area contributed by atoms with Gasteiger partial charge >= 0.3 is 0 Å². The fourth-order valence-electron chi connectivity index (χ4n) is 3.14. The molecule has 0 amide bonds. The zero-order valence-electron chi connectivity index (χ0n) is 12.9. The molecule has 5 nitrogen and oxygen atoms in total. The minimum absolute atomic E-state index is 0.609. The summed E-state index contributed by atoms with van der Waals surface area (Å²) in [7, 11) is 2.09. The maximum Gasteiger partial charge on any atom is 0.150 e. The van der Waals surface area contributed by atoms with Crippen molar-refractivity contribution in [1.82, 2.24) is 20.3 Å². The molecule has 0 unspecified atom stereocenters. The van der Waals surface area contributed by atoms with Crippen molar-refractivity contribution in [3.8, 4) is 0 Å². The van der Waals surface area contributed by atoms with Gasteiger partial charge in [0.25, 0.3) is 0 Å². The predicted octanol–water partition coefficient (Wildman–Crippen LogP) is 3.39. The normalized spacial score (nSPS) is 16.7. The van der Waals surface area contributed by atoms with E-state index in [0.717, 1.165) is 30.2 Å². The van der Waals surface area contributed by atoms with E-state index >= 15 is 0 Å². The van der Waals surface area contributed by atoms with E-state index < -0.39 is 0 Å². The molecular formula is C16H24N4O.